The van der Waals surface area contributed by atoms with E-state index in [1.54, 1.807) is 0 Å². The number of rotatable bonds is 4. The third kappa shape index (κ3) is 2.72. The minimum absolute atomic E-state index is 0.0149. The molecule has 0 spiro atoms. The molecule has 1 fully saturated rings. The van der Waals surface area contributed by atoms with Gasteiger partial charge in [0.15, 0.2) is 0 Å². The van der Waals surface area contributed by atoms with Crippen LogP contribution in [0.15, 0.2) is 0 Å². The Balaban J connectivity index is 2.74. The molecule has 1 heterocycles. The third-order valence-electron chi connectivity index (χ3n) is 3.15. The van der Waals surface area contributed by atoms with E-state index >= 15 is 0 Å². The lowest BCUT2D eigenvalue weighted by Crippen LogP contribution is -2.58. The van der Waals surface area contributed by atoms with Gasteiger partial charge in [-0.05, 0) is 12.8 Å². The predicted molar refractivity (Wildman–Crippen MR) is 60.1 cm³/mol. The largest absolute Gasteiger partial charge is 0.480 e. The molecule has 0 radical (unpaired) electrons. The van der Waals surface area contributed by atoms with Crippen molar-refractivity contribution in [3.8, 4) is 0 Å². The minimum Gasteiger partial charge on any atom is -0.480 e. The van der Waals surface area contributed by atoms with E-state index in [1.807, 2.05) is 13.8 Å². The summed E-state index contributed by atoms with van der Waals surface area (Å²) < 4.78 is 0. The first kappa shape index (κ1) is 13.0. The Kier molecular flexibility index (Phi) is 4.73. The molecule has 1 unspecified atom stereocenters. The zero-order valence-corrected chi connectivity index (χ0v) is 9.90. The predicted octanol–water partition coefficient (Wildman–Crippen LogP) is 0.308. The van der Waals surface area contributed by atoms with Gasteiger partial charge in [0.2, 0.25) is 5.91 Å². The summed E-state index contributed by atoms with van der Waals surface area (Å²) in [6.07, 6.45) is 1.54. The van der Waals surface area contributed by atoms with Crippen LogP contribution in [-0.4, -0.2) is 47.6 Å². The maximum atomic E-state index is 12.1. The topological polar surface area (TPSA) is 69.6 Å². The Morgan fingerprint density at radius 1 is 1.44 bits per heavy atom. The van der Waals surface area contributed by atoms with E-state index in [0.717, 1.165) is 12.8 Å². The number of carboxylic acid groups (broad SMARTS) is 1. The number of piperazine rings is 1. The average molecular weight is 228 g/mol. The zero-order chi connectivity index (χ0) is 12.1. The Labute approximate surface area is 95.8 Å². The number of carbonyl (C=O) groups excluding carboxylic acids is 1. The van der Waals surface area contributed by atoms with Crippen molar-refractivity contribution in [3.05, 3.63) is 0 Å². The van der Waals surface area contributed by atoms with Crippen LogP contribution in [0.5, 0.6) is 0 Å². The smallest absolute Gasteiger partial charge is 0.327 e. The summed E-state index contributed by atoms with van der Waals surface area (Å²) in [5.74, 6) is -0.981. The van der Waals surface area contributed by atoms with Crippen molar-refractivity contribution in [1.82, 2.24) is 10.2 Å². The van der Waals surface area contributed by atoms with E-state index < -0.39 is 12.0 Å². The van der Waals surface area contributed by atoms with E-state index in [9.17, 15) is 9.59 Å². The SMILES string of the molecule is CCC(CC)C(=O)N1CCNCC1C(=O)O. The number of carbonyl (C=O) groups is 2. The van der Waals surface area contributed by atoms with E-state index in [2.05, 4.69) is 5.32 Å². The molecule has 2 N–H and O–H groups in total. The summed E-state index contributed by atoms with van der Waals surface area (Å²) in [7, 11) is 0. The van der Waals surface area contributed by atoms with E-state index in [-0.39, 0.29) is 11.8 Å². The first-order valence-corrected chi connectivity index (χ1v) is 5.85. The van der Waals surface area contributed by atoms with Gasteiger partial charge in [0.1, 0.15) is 6.04 Å². The number of hydrogen-bond donors (Lipinski definition) is 2. The highest BCUT2D eigenvalue weighted by atomic mass is 16.4. The highest BCUT2D eigenvalue weighted by Gasteiger charge is 2.34. The Hall–Kier alpha value is -1.10. The van der Waals surface area contributed by atoms with Crippen LogP contribution >= 0.6 is 0 Å². The molecule has 0 aromatic heterocycles. The molecule has 5 heteroatoms. The highest BCUT2D eigenvalue weighted by molar-refractivity contribution is 5.85. The summed E-state index contributed by atoms with van der Waals surface area (Å²) in [5.41, 5.74) is 0. The van der Waals surface area contributed by atoms with Crippen molar-refractivity contribution < 1.29 is 14.7 Å². The Morgan fingerprint density at radius 2 is 2.06 bits per heavy atom. The fourth-order valence-corrected chi connectivity index (χ4v) is 2.06. The van der Waals surface area contributed by atoms with Crippen molar-refractivity contribution in [2.24, 2.45) is 5.92 Å². The van der Waals surface area contributed by atoms with Gasteiger partial charge >= 0.3 is 5.97 Å². The van der Waals surface area contributed by atoms with Crippen molar-refractivity contribution in [1.29, 1.82) is 0 Å². The normalized spacial score (nSPS) is 21.2. The van der Waals surface area contributed by atoms with Crippen LogP contribution in [0.3, 0.4) is 0 Å². The average Bonchev–Trinajstić information content (AvgIpc) is 2.30. The van der Waals surface area contributed by atoms with Crippen LogP contribution < -0.4 is 5.32 Å². The lowest BCUT2D eigenvalue weighted by molar-refractivity contribution is -0.153. The molecule has 92 valence electrons. The summed E-state index contributed by atoms with van der Waals surface area (Å²) in [5, 5.41) is 12.1. The Morgan fingerprint density at radius 3 is 2.56 bits per heavy atom. The van der Waals surface area contributed by atoms with Crippen molar-refractivity contribution in [2.45, 2.75) is 32.7 Å². The van der Waals surface area contributed by atoms with Gasteiger partial charge in [-0.15, -0.1) is 0 Å². The highest BCUT2D eigenvalue weighted by Crippen LogP contribution is 2.15. The maximum Gasteiger partial charge on any atom is 0.327 e. The minimum atomic E-state index is -0.925. The van der Waals surface area contributed by atoms with Crippen LogP contribution in [-0.2, 0) is 9.59 Å². The molecule has 1 aliphatic rings. The number of nitrogens with one attached hydrogen (secondary N) is 1. The van der Waals surface area contributed by atoms with Gasteiger partial charge in [-0.25, -0.2) is 4.79 Å². The fraction of sp³-hybridized carbons (Fsp3) is 0.818. The molecular weight excluding hydrogens is 208 g/mol. The number of aliphatic carboxylic acids is 1. The molecule has 0 aliphatic carbocycles. The maximum absolute atomic E-state index is 12.1. The molecule has 0 aromatic rings. The van der Waals surface area contributed by atoms with Gasteiger partial charge in [0.05, 0.1) is 0 Å². The van der Waals surface area contributed by atoms with E-state index in [0.29, 0.717) is 19.6 Å². The standard InChI is InChI=1S/C11H20N2O3/c1-3-8(4-2)10(14)13-6-5-12-7-9(13)11(15)16/h8-9,12H,3-7H2,1-2H3,(H,15,16). The summed E-state index contributed by atoms with van der Waals surface area (Å²) in [6, 6.07) is -0.707. The molecule has 0 saturated carbocycles. The molecule has 0 aromatic carbocycles. The molecule has 1 amide bonds. The van der Waals surface area contributed by atoms with Crippen molar-refractivity contribution in [3.63, 3.8) is 0 Å². The monoisotopic (exact) mass is 228 g/mol. The van der Waals surface area contributed by atoms with Crippen LogP contribution in [0, 0.1) is 5.92 Å². The molecule has 0 bridgehead atoms. The first-order chi connectivity index (χ1) is 7.61. The van der Waals surface area contributed by atoms with E-state index in [1.165, 1.54) is 4.90 Å². The summed E-state index contributed by atoms with van der Waals surface area (Å²) >= 11 is 0. The van der Waals surface area contributed by atoms with Gasteiger partial charge in [-0.2, -0.15) is 0 Å². The quantitative estimate of drug-likeness (QED) is 0.726. The molecular formula is C11H20N2O3. The number of amides is 1. The van der Waals surface area contributed by atoms with Gasteiger partial charge in [-0.1, -0.05) is 13.8 Å². The number of nitrogens with zero attached hydrogens (tertiary/aromatic N) is 1. The lowest BCUT2D eigenvalue weighted by atomic mass is 10.00. The van der Waals surface area contributed by atoms with Crippen LogP contribution in [0.2, 0.25) is 0 Å². The van der Waals surface area contributed by atoms with Crippen LogP contribution in [0.1, 0.15) is 26.7 Å². The lowest BCUT2D eigenvalue weighted by Gasteiger charge is -2.35. The second kappa shape index (κ2) is 5.84. The number of carboxylic acids is 1. The summed E-state index contributed by atoms with van der Waals surface area (Å²) in [4.78, 5) is 24.7. The summed E-state index contributed by atoms with van der Waals surface area (Å²) in [6.45, 7) is 5.44. The van der Waals surface area contributed by atoms with Gasteiger partial charge in [0, 0.05) is 25.6 Å². The first-order valence-electron chi connectivity index (χ1n) is 5.85. The number of hydrogen-bond acceptors (Lipinski definition) is 3. The van der Waals surface area contributed by atoms with Crippen LogP contribution in [0.25, 0.3) is 0 Å². The van der Waals surface area contributed by atoms with E-state index in [4.69, 9.17) is 5.11 Å². The van der Waals surface area contributed by atoms with Crippen LogP contribution in [0.4, 0.5) is 0 Å². The van der Waals surface area contributed by atoms with Crippen molar-refractivity contribution >= 4 is 11.9 Å². The van der Waals surface area contributed by atoms with Crippen molar-refractivity contribution in [2.75, 3.05) is 19.6 Å². The molecule has 1 rings (SSSR count). The molecule has 16 heavy (non-hydrogen) atoms. The Bertz CT molecular complexity index is 264. The molecule has 1 aliphatic heterocycles. The molecule has 1 saturated heterocycles. The zero-order valence-electron chi connectivity index (χ0n) is 9.90. The second-order valence-electron chi connectivity index (χ2n) is 4.10. The molecule has 1 atom stereocenters. The third-order valence-corrected chi connectivity index (χ3v) is 3.15. The van der Waals surface area contributed by atoms with Gasteiger partial charge in [-0.3, -0.25) is 4.79 Å². The fourth-order valence-electron chi connectivity index (χ4n) is 2.06. The second-order valence-corrected chi connectivity index (χ2v) is 4.10. The van der Waals surface area contributed by atoms with Gasteiger partial charge < -0.3 is 15.3 Å². The van der Waals surface area contributed by atoms with Gasteiger partial charge in [0.25, 0.3) is 0 Å². The molecule has 5 nitrogen and oxygen atoms in total.